The van der Waals surface area contributed by atoms with E-state index in [0.717, 1.165) is 56.4 Å². The van der Waals surface area contributed by atoms with E-state index in [2.05, 4.69) is 320 Å². The number of aryl methyl sites for hydroxylation is 1. The van der Waals surface area contributed by atoms with E-state index in [1.165, 1.54) is 81.4 Å². The predicted molar refractivity (Wildman–Crippen MR) is 347 cm³/mol. The third-order valence-corrected chi connectivity index (χ3v) is 17.1. The third kappa shape index (κ3) is 9.56. The Kier molecular flexibility index (Phi) is 12.9. The van der Waals surface area contributed by atoms with E-state index in [9.17, 15) is 0 Å². The zero-order valence-corrected chi connectivity index (χ0v) is 47.4. The molecule has 12 aromatic rings. The number of nitrogens with zero attached hydrogens (tertiary/aromatic N) is 2. The molecule has 0 bridgehead atoms. The van der Waals surface area contributed by atoms with Crippen LogP contribution in [-0.4, -0.2) is 7.28 Å². The minimum atomic E-state index is 0.0199. The molecule has 13 rings (SSSR count). The highest BCUT2D eigenvalue weighted by molar-refractivity contribution is 7.26. The number of nitrogens with one attached hydrogen (secondary N) is 1. The van der Waals surface area contributed by atoms with Crippen molar-refractivity contribution in [1.29, 1.82) is 0 Å². The average molecular weight is 1050 g/mol. The molecular weight excluding hydrogens is 986 g/mol. The van der Waals surface area contributed by atoms with Crippen molar-refractivity contribution < 1.29 is 0 Å². The van der Waals surface area contributed by atoms with Crippen LogP contribution in [0.4, 0.5) is 45.5 Å². The smallest absolute Gasteiger partial charge is 0.197 e. The van der Waals surface area contributed by atoms with Gasteiger partial charge in [0.05, 0.1) is 5.69 Å². The van der Waals surface area contributed by atoms with E-state index in [-0.39, 0.29) is 10.8 Å². The van der Waals surface area contributed by atoms with Gasteiger partial charge >= 0.3 is 0 Å². The van der Waals surface area contributed by atoms with E-state index >= 15 is 0 Å². The lowest BCUT2D eigenvalue weighted by molar-refractivity contribution is 0.590. The van der Waals surface area contributed by atoms with E-state index in [4.69, 9.17) is 0 Å². The molecule has 2 heterocycles. The maximum atomic E-state index is 3.98. The van der Waals surface area contributed by atoms with Crippen molar-refractivity contribution in [3.63, 3.8) is 0 Å². The summed E-state index contributed by atoms with van der Waals surface area (Å²) < 4.78 is 2.50. The largest absolute Gasteiger partial charge is 0.355 e. The molecule has 0 saturated heterocycles. The van der Waals surface area contributed by atoms with Crippen LogP contribution in [-0.2, 0) is 10.8 Å². The summed E-state index contributed by atoms with van der Waals surface area (Å²) in [6.45, 7) is 16.0. The van der Waals surface area contributed by atoms with Crippen LogP contribution >= 0.6 is 11.3 Å². The Hall–Kier alpha value is -8.90. The molecule has 0 atom stereocenters. The molecule has 0 amide bonds. The molecule has 1 N–H and O–H groups in total. The topological polar surface area (TPSA) is 18.5 Å². The lowest BCUT2D eigenvalue weighted by Crippen LogP contribution is -2.41. The van der Waals surface area contributed by atoms with E-state index in [1.807, 2.05) is 11.3 Å². The number of hydrogen-bond acceptors (Lipinski definition) is 4. The lowest BCUT2D eigenvalue weighted by Gasteiger charge is -2.38. The van der Waals surface area contributed by atoms with Crippen LogP contribution in [0.2, 0.25) is 0 Å². The van der Waals surface area contributed by atoms with E-state index < -0.39 is 0 Å². The molecule has 5 heteroatoms. The summed E-state index contributed by atoms with van der Waals surface area (Å²) >= 11 is 1.87. The molecule has 0 fully saturated rings. The summed E-state index contributed by atoms with van der Waals surface area (Å²) in [5, 5.41) is 6.48. The fourth-order valence-electron chi connectivity index (χ4n) is 11.6. The van der Waals surface area contributed by atoms with Gasteiger partial charge in [-0.05, 0) is 158 Å². The lowest BCUT2D eigenvalue weighted by atomic mass is 9.57. The highest BCUT2D eigenvalue weighted by atomic mass is 32.1. The van der Waals surface area contributed by atoms with Crippen molar-refractivity contribution in [2.45, 2.75) is 59.3 Å². The SMILES string of the molecule is Cc1cc(-c2ccccc2)ccc1N1c2cc(N(c3ccc(C(C)(C)C)cc3)c3ccc(C(C)(C)C)cc3)ccc2[B]c2c(-c3ccc(-c4ccccc4)cc3Nc3ccc(-c4ccccc4)cc3)cc3sc4ccccc4c3c21. The van der Waals surface area contributed by atoms with Gasteiger partial charge in [0, 0.05) is 65.5 Å². The van der Waals surface area contributed by atoms with E-state index in [0.29, 0.717) is 0 Å². The molecule has 1 aromatic heterocycles. The van der Waals surface area contributed by atoms with Crippen LogP contribution in [0.5, 0.6) is 0 Å². The fourth-order valence-corrected chi connectivity index (χ4v) is 12.8. The number of benzene rings is 11. The second kappa shape index (κ2) is 20.4. The zero-order valence-electron chi connectivity index (χ0n) is 46.6. The first-order valence-electron chi connectivity index (χ1n) is 27.9. The number of anilines is 8. The highest BCUT2D eigenvalue weighted by Gasteiger charge is 2.33. The number of thiophene rings is 1. The molecular formula is C75H63BN3S. The number of fused-ring (bicyclic) bond motifs is 6. The molecule has 11 aromatic carbocycles. The van der Waals surface area contributed by atoms with Gasteiger partial charge in [-0.1, -0.05) is 217 Å². The summed E-state index contributed by atoms with van der Waals surface area (Å²) in [7, 11) is 2.46. The van der Waals surface area contributed by atoms with Crippen LogP contribution in [0.15, 0.2) is 249 Å². The van der Waals surface area contributed by atoms with Gasteiger partial charge in [-0.25, -0.2) is 0 Å². The zero-order chi connectivity index (χ0) is 54.7. The predicted octanol–water partition coefficient (Wildman–Crippen LogP) is 20.3. The van der Waals surface area contributed by atoms with Gasteiger partial charge in [0.15, 0.2) is 7.28 Å². The Balaban J connectivity index is 1.05. The summed E-state index contributed by atoms with van der Waals surface area (Å²) in [5.74, 6) is 0. The van der Waals surface area contributed by atoms with Crippen molar-refractivity contribution in [3.8, 4) is 44.5 Å². The first-order valence-corrected chi connectivity index (χ1v) is 28.7. The molecule has 0 spiro atoms. The van der Waals surface area contributed by atoms with Gasteiger partial charge in [-0.2, -0.15) is 0 Å². The standard InChI is InChI=1S/C75H63BN3S/c1-49-45-54(51-21-13-9-14-22-51)30-44-67(49)79-68-47-61(78(59-37-31-56(32-38-59)74(2,3)4)60-39-33-57(34-40-60)75(5,6)7)41-43-65(68)76-72-64(48-70-71(73(72)79)63-25-17-18-26-69(63)80-70)62-42-29-55(52-23-15-10-16-24-52)46-66(62)77-58-35-27-53(28-36-58)50-19-11-8-12-20-50/h8-48,77H,1-7H3. The first-order chi connectivity index (χ1) is 38.8. The minimum Gasteiger partial charge on any atom is -0.355 e. The monoisotopic (exact) mass is 1050 g/mol. The van der Waals surface area contributed by atoms with Gasteiger partial charge in [-0.3, -0.25) is 0 Å². The second-order valence-electron chi connectivity index (χ2n) is 23.4. The molecule has 1 aliphatic heterocycles. The van der Waals surface area contributed by atoms with Crippen molar-refractivity contribution in [1.82, 2.24) is 0 Å². The third-order valence-electron chi connectivity index (χ3n) is 15.9. The summed E-state index contributed by atoms with van der Waals surface area (Å²) in [6.07, 6.45) is 0. The Morgan fingerprint density at radius 2 is 0.938 bits per heavy atom. The average Bonchev–Trinajstić information content (AvgIpc) is 3.88. The van der Waals surface area contributed by atoms with Crippen LogP contribution in [0.1, 0.15) is 58.2 Å². The molecule has 387 valence electrons. The van der Waals surface area contributed by atoms with Crippen molar-refractivity contribution >= 4 is 95.2 Å². The van der Waals surface area contributed by atoms with Crippen LogP contribution < -0.4 is 26.0 Å². The van der Waals surface area contributed by atoms with Gasteiger partial charge in [0.1, 0.15) is 0 Å². The molecule has 1 aliphatic rings. The Labute approximate surface area is 476 Å². The minimum absolute atomic E-state index is 0.0199. The summed E-state index contributed by atoms with van der Waals surface area (Å²) in [4.78, 5) is 5.03. The fraction of sp³-hybridized carbons (Fsp3) is 0.120. The normalized spacial score (nSPS) is 12.3. The van der Waals surface area contributed by atoms with E-state index in [1.54, 1.807) is 0 Å². The highest BCUT2D eigenvalue weighted by Crippen LogP contribution is 2.50. The van der Waals surface area contributed by atoms with Gasteiger partial charge in [0.2, 0.25) is 0 Å². The van der Waals surface area contributed by atoms with Crippen molar-refractivity contribution in [3.05, 3.63) is 265 Å². The molecule has 0 unspecified atom stereocenters. The van der Waals surface area contributed by atoms with Gasteiger partial charge < -0.3 is 15.1 Å². The Morgan fingerprint density at radius 3 is 1.52 bits per heavy atom. The van der Waals surface area contributed by atoms with Gasteiger partial charge in [-0.15, -0.1) is 11.3 Å². The molecule has 0 aliphatic carbocycles. The van der Waals surface area contributed by atoms with Crippen molar-refractivity contribution in [2.75, 3.05) is 15.1 Å². The van der Waals surface area contributed by atoms with Crippen LogP contribution in [0.25, 0.3) is 64.7 Å². The quantitative estimate of drug-likeness (QED) is 0.138. The summed E-state index contributed by atoms with van der Waals surface area (Å²) in [6, 6.07) is 91.8. The Bertz CT molecular complexity index is 4170. The molecule has 3 nitrogen and oxygen atoms in total. The molecule has 1 radical (unpaired) electrons. The molecule has 0 saturated carbocycles. The van der Waals surface area contributed by atoms with Crippen LogP contribution in [0.3, 0.4) is 0 Å². The summed E-state index contributed by atoms with van der Waals surface area (Å²) in [5.41, 5.74) is 24.4. The maximum absolute atomic E-state index is 3.98. The Morgan fingerprint density at radius 1 is 0.425 bits per heavy atom. The molecule has 80 heavy (non-hydrogen) atoms. The van der Waals surface area contributed by atoms with Gasteiger partial charge in [0.25, 0.3) is 0 Å². The number of hydrogen-bond donors (Lipinski definition) is 1. The first kappa shape index (κ1) is 50.6. The second-order valence-corrected chi connectivity index (χ2v) is 24.5. The number of rotatable bonds is 10. The van der Waals surface area contributed by atoms with Crippen molar-refractivity contribution in [2.24, 2.45) is 0 Å². The van der Waals surface area contributed by atoms with Crippen LogP contribution in [0, 0.1) is 6.92 Å². The maximum Gasteiger partial charge on any atom is 0.197 e.